The highest BCUT2D eigenvalue weighted by Crippen LogP contribution is 2.58. The van der Waals surface area contributed by atoms with E-state index in [0.29, 0.717) is 0 Å². The van der Waals surface area contributed by atoms with Gasteiger partial charge in [-0.3, -0.25) is 0 Å². The van der Waals surface area contributed by atoms with Gasteiger partial charge in [0.15, 0.2) is 0 Å². The van der Waals surface area contributed by atoms with Gasteiger partial charge in [-0.25, -0.2) is 0 Å². The SMILES string of the molecule is c1ccc(C2=C3C(=C(c4ccc5ccccc5c4)c4ccccc43)c3ccccc32)cc1. The van der Waals surface area contributed by atoms with E-state index in [0.717, 1.165) is 0 Å². The lowest BCUT2D eigenvalue weighted by molar-refractivity contribution is 1.53. The third-order valence-corrected chi connectivity index (χ3v) is 6.78. The topological polar surface area (TPSA) is 0 Å². The Morgan fingerprint density at radius 3 is 1.38 bits per heavy atom. The number of hydrogen-bond donors (Lipinski definition) is 0. The van der Waals surface area contributed by atoms with Gasteiger partial charge >= 0.3 is 0 Å². The van der Waals surface area contributed by atoms with Crippen molar-refractivity contribution in [2.24, 2.45) is 0 Å². The summed E-state index contributed by atoms with van der Waals surface area (Å²) in [6.07, 6.45) is 0. The van der Waals surface area contributed by atoms with Gasteiger partial charge in [-0.2, -0.15) is 0 Å². The average molecular weight is 405 g/mol. The van der Waals surface area contributed by atoms with Crippen LogP contribution in [0.3, 0.4) is 0 Å². The molecule has 148 valence electrons. The number of fused-ring (bicyclic) bond motifs is 6. The molecule has 0 fully saturated rings. The van der Waals surface area contributed by atoms with Crippen molar-refractivity contribution < 1.29 is 0 Å². The summed E-state index contributed by atoms with van der Waals surface area (Å²) >= 11 is 0. The van der Waals surface area contributed by atoms with Crippen molar-refractivity contribution in [2.75, 3.05) is 0 Å². The Balaban J connectivity index is 1.62. The summed E-state index contributed by atoms with van der Waals surface area (Å²) in [5.41, 5.74) is 13.3. The van der Waals surface area contributed by atoms with Crippen molar-refractivity contribution in [1.82, 2.24) is 0 Å². The van der Waals surface area contributed by atoms with E-state index in [2.05, 4.69) is 121 Å². The molecule has 32 heavy (non-hydrogen) atoms. The molecule has 0 saturated heterocycles. The van der Waals surface area contributed by atoms with Crippen molar-refractivity contribution in [2.45, 2.75) is 0 Å². The third-order valence-electron chi connectivity index (χ3n) is 6.78. The van der Waals surface area contributed by atoms with Crippen LogP contribution in [-0.4, -0.2) is 0 Å². The molecule has 5 aromatic carbocycles. The fourth-order valence-electron chi connectivity index (χ4n) is 5.45. The second kappa shape index (κ2) is 6.67. The summed E-state index contributed by atoms with van der Waals surface area (Å²) in [5, 5.41) is 2.56. The van der Waals surface area contributed by atoms with Crippen molar-refractivity contribution in [3.63, 3.8) is 0 Å². The van der Waals surface area contributed by atoms with E-state index in [9.17, 15) is 0 Å². The zero-order valence-electron chi connectivity index (χ0n) is 17.5. The average Bonchev–Trinajstić information content (AvgIpc) is 3.37. The molecule has 0 N–H and O–H groups in total. The Hall–Kier alpha value is -4.16. The molecule has 5 aromatic rings. The van der Waals surface area contributed by atoms with E-state index in [4.69, 9.17) is 0 Å². The van der Waals surface area contributed by atoms with Crippen LogP contribution < -0.4 is 0 Å². The number of allylic oxidation sites excluding steroid dienone is 2. The number of hydrogen-bond acceptors (Lipinski definition) is 0. The van der Waals surface area contributed by atoms with Crippen LogP contribution in [0.5, 0.6) is 0 Å². The molecule has 0 nitrogen and oxygen atoms in total. The molecular formula is C32H20. The molecule has 0 heterocycles. The van der Waals surface area contributed by atoms with Crippen molar-refractivity contribution in [1.29, 1.82) is 0 Å². The van der Waals surface area contributed by atoms with E-state index >= 15 is 0 Å². The van der Waals surface area contributed by atoms with Crippen molar-refractivity contribution in [3.8, 4) is 0 Å². The third kappa shape index (κ3) is 2.38. The first kappa shape index (κ1) is 17.5. The minimum absolute atomic E-state index is 1.28. The van der Waals surface area contributed by atoms with Crippen LogP contribution in [0.15, 0.2) is 121 Å². The number of rotatable bonds is 2. The van der Waals surface area contributed by atoms with E-state index in [-0.39, 0.29) is 0 Å². The Morgan fingerprint density at radius 2 is 0.750 bits per heavy atom. The molecule has 0 bridgehead atoms. The normalized spacial score (nSPS) is 14.0. The molecule has 2 aliphatic rings. The standard InChI is InChI=1S/C32H20/c1-2-11-22(12-3-1)29-25-14-6-8-16-27(25)32-30(26-15-7-9-17-28(26)31(29)32)24-19-18-21-10-4-5-13-23(21)20-24/h1-20H. The maximum absolute atomic E-state index is 2.35. The van der Waals surface area contributed by atoms with Gasteiger partial charge in [-0.05, 0) is 72.5 Å². The minimum atomic E-state index is 1.28. The zero-order valence-corrected chi connectivity index (χ0v) is 17.5. The predicted molar refractivity (Wildman–Crippen MR) is 135 cm³/mol. The maximum Gasteiger partial charge on any atom is -0.000763 e. The maximum atomic E-state index is 2.35. The monoisotopic (exact) mass is 404 g/mol. The summed E-state index contributed by atoms with van der Waals surface area (Å²) in [6, 6.07) is 44.1. The zero-order chi connectivity index (χ0) is 21.1. The Labute approximate surface area is 187 Å². The molecule has 0 atom stereocenters. The van der Waals surface area contributed by atoms with Gasteiger partial charge < -0.3 is 0 Å². The van der Waals surface area contributed by atoms with Gasteiger partial charge in [0.05, 0.1) is 0 Å². The predicted octanol–water partition coefficient (Wildman–Crippen LogP) is 8.09. The van der Waals surface area contributed by atoms with E-state index < -0.39 is 0 Å². The van der Waals surface area contributed by atoms with Gasteiger partial charge in [0, 0.05) is 0 Å². The van der Waals surface area contributed by atoms with E-state index in [1.165, 1.54) is 66.4 Å². The van der Waals surface area contributed by atoms with Gasteiger partial charge in [0.1, 0.15) is 0 Å². The van der Waals surface area contributed by atoms with Gasteiger partial charge in [-0.15, -0.1) is 0 Å². The molecule has 0 saturated carbocycles. The molecule has 0 aromatic heterocycles. The van der Waals surface area contributed by atoms with Crippen LogP contribution in [0.25, 0.3) is 33.1 Å². The van der Waals surface area contributed by atoms with E-state index in [1.54, 1.807) is 0 Å². The quantitative estimate of drug-likeness (QED) is 0.279. The fourth-order valence-corrected chi connectivity index (χ4v) is 5.45. The van der Waals surface area contributed by atoms with Gasteiger partial charge in [0.2, 0.25) is 0 Å². The highest BCUT2D eigenvalue weighted by atomic mass is 14.4. The smallest absolute Gasteiger partial charge is 0.000763 e. The minimum Gasteiger partial charge on any atom is -0.0622 e. The van der Waals surface area contributed by atoms with Gasteiger partial charge in [0.25, 0.3) is 0 Å². The van der Waals surface area contributed by atoms with Crippen LogP contribution >= 0.6 is 0 Å². The summed E-state index contributed by atoms with van der Waals surface area (Å²) in [5.74, 6) is 0. The lowest BCUT2D eigenvalue weighted by Gasteiger charge is -2.12. The molecule has 0 heteroatoms. The summed E-state index contributed by atoms with van der Waals surface area (Å²) in [7, 11) is 0. The van der Waals surface area contributed by atoms with Gasteiger partial charge in [-0.1, -0.05) is 115 Å². The molecular weight excluding hydrogens is 384 g/mol. The first-order valence-electron chi connectivity index (χ1n) is 11.1. The highest BCUT2D eigenvalue weighted by Gasteiger charge is 2.36. The molecule has 0 amide bonds. The Morgan fingerprint density at radius 1 is 0.281 bits per heavy atom. The lowest BCUT2D eigenvalue weighted by Crippen LogP contribution is -1.92. The second-order valence-electron chi connectivity index (χ2n) is 8.52. The van der Waals surface area contributed by atoms with Crippen LogP contribution in [0.1, 0.15) is 33.4 Å². The summed E-state index contributed by atoms with van der Waals surface area (Å²) in [4.78, 5) is 0. The highest BCUT2D eigenvalue weighted by molar-refractivity contribution is 6.35. The molecule has 2 aliphatic carbocycles. The summed E-state index contributed by atoms with van der Waals surface area (Å²) in [6.45, 7) is 0. The van der Waals surface area contributed by atoms with Crippen molar-refractivity contribution in [3.05, 3.63) is 155 Å². The Kier molecular flexibility index (Phi) is 3.65. The van der Waals surface area contributed by atoms with Crippen LogP contribution in [0.4, 0.5) is 0 Å². The largest absolute Gasteiger partial charge is 0.0622 e. The van der Waals surface area contributed by atoms with Crippen LogP contribution in [-0.2, 0) is 0 Å². The molecule has 0 radical (unpaired) electrons. The first-order chi connectivity index (χ1) is 15.9. The fraction of sp³-hybridized carbons (Fsp3) is 0. The van der Waals surface area contributed by atoms with Crippen molar-refractivity contribution >= 4 is 33.1 Å². The molecule has 7 rings (SSSR count). The lowest BCUT2D eigenvalue weighted by atomic mass is 9.91. The van der Waals surface area contributed by atoms with Crippen LogP contribution in [0, 0.1) is 0 Å². The first-order valence-corrected chi connectivity index (χ1v) is 11.1. The summed E-state index contributed by atoms with van der Waals surface area (Å²) < 4.78 is 0. The molecule has 0 unspecified atom stereocenters. The van der Waals surface area contributed by atoms with Crippen LogP contribution in [0.2, 0.25) is 0 Å². The van der Waals surface area contributed by atoms with E-state index in [1.807, 2.05) is 0 Å². The second-order valence-corrected chi connectivity index (χ2v) is 8.52. The Bertz CT molecular complexity index is 1600. The number of benzene rings is 5. The molecule has 0 aliphatic heterocycles. The molecule has 0 spiro atoms.